The summed E-state index contributed by atoms with van der Waals surface area (Å²) in [7, 11) is -3.91. The van der Waals surface area contributed by atoms with Crippen molar-refractivity contribution in [3.8, 4) is 0 Å². The molecule has 0 saturated heterocycles. The lowest BCUT2D eigenvalue weighted by atomic mass is 10.3. The summed E-state index contributed by atoms with van der Waals surface area (Å²) in [4.78, 5) is 3.64. The van der Waals surface area contributed by atoms with Gasteiger partial charge in [0.25, 0.3) is 10.0 Å². The molecule has 2 rings (SSSR count). The molecule has 102 valence electrons. The molecule has 0 atom stereocenters. The van der Waals surface area contributed by atoms with Crippen molar-refractivity contribution in [2.24, 2.45) is 0 Å². The highest BCUT2D eigenvalue weighted by Gasteiger charge is 2.21. The molecule has 0 amide bonds. The average molecular weight is 431 g/mol. The summed E-state index contributed by atoms with van der Waals surface area (Å²) >= 11 is 7.20. The molecule has 1 heterocycles. The Bertz CT molecular complexity index is 733. The van der Waals surface area contributed by atoms with Gasteiger partial charge in [0, 0.05) is 0 Å². The van der Waals surface area contributed by atoms with E-state index in [0.29, 0.717) is 3.79 Å². The minimum absolute atomic E-state index is 0.0161. The first-order valence-corrected chi connectivity index (χ1v) is 8.57. The third-order valence-electron chi connectivity index (χ3n) is 2.04. The van der Waals surface area contributed by atoms with Crippen LogP contribution in [0.15, 0.2) is 31.5 Å². The van der Waals surface area contributed by atoms with Crippen LogP contribution >= 0.6 is 43.2 Å². The number of hydrogen-bond donors (Lipinski definition) is 2. The van der Waals surface area contributed by atoms with Crippen LogP contribution < -0.4 is 10.5 Å². The number of anilines is 2. The largest absolute Gasteiger partial charge is 0.398 e. The van der Waals surface area contributed by atoms with Crippen LogP contribution in [-0.2, 0) is 10.0 Å². The summed E-state index contributed by atoms with van der Waals surface area (Å²) in [5, 5.41) is 0.187. The van der Waals surface area contributed by atoms with E-state index in [1.54, 1.807) is 0 Å². The number of halogens is 3. The van der Waals surface area contributed by atoms with Crippen LogP contribution in [0.1, 0.15) is 0 Å². The maximum atomic E-state index is 13.2. The molecule has 0 unspecified atom stereocenters. The van der Waals surface area contributed by atoms with Crippen LogP contribution in [0.4, 0.5) is 15.2 Å². The lowest BCUT2D eigenvalue weighted by Crippen LogP contribution is -2.15. The second-order valence-corrected chi connectivity index (χ2v) is 8.29. The Kier molecular flexibility index (Phi) is 4.14. The Morgan fingerprint density at radius 3 is 2.63 bits per heavy atom. The van der Waals surface area contributed by atoms with Gasteiger partial charge in [0.15, 0.2) is 5.13 Å². The molecule has 19 heavy (non-hydrogen) atoms. The minimum atomic E-state index is -3.91. The Labute approximate surface area is 129 Å². The topological polar surface area (TPSA) is 85.1 Å². The monoisotopic (exact) mass is 429 g/mol. The van der Waals surface area contributed by atoms with Crippen molar-refractivity contribution < 1.29 is 12.8 Å². The number of benzene rings is 1. The first kappa shape index (κ1) is 14.7. The maximum absolute atomic E-state index is 13.2. The standard InChI is InChI=1S/C9H6Br2FN3O2S2/c10-4-1-7(6(13)2-5(4)12)19(16,17)15-9-14-3-8(11)18-9/h1-3H,13H2,(H,14,15). The molecule has 1 aromatic heterocycles. The third kappa shape index (κ3) is 3.25. The van der Waals surface area contributed by atoms with Crippen LogP contribution in [0.5, 0.6) is 0 Å². The second kappa shape index (κ2) is 5.35. The van der Waals surface area contributed by atoms with Crippen LogP contribution in [0.2, 0.25) is 0 Å². The number of thiazole rings is 1. The normalized spacial score (nSPS) is 11.5. The molecule has 0 radical (unpaired) electrons. The molecular weight excluding hydrogens is 425 g/mol. The minimum Gasteiger partial charge on any atom is -0.398 e. The lowest BCUT2D eigenvalue weighted by Gasteiger charge is -2.09. The van der Waals surface area contributed by atoms with Gasteiger partial charge in [-0.1, -0.05) is 11.3 Å². The molecule has 0 aliphatic rings. The van der Waals surface area contributed by atoms with Gasteiger partial charge in [-0.3, -0.25) is 4.72 Å². The number of aromatic nitrogens is 1. The van der Waals surface area contributed by atoms with Crippen molar-refractivity contribution in [2.75, 3.05) is 10.5 Å². The molecule has 2 aromatic rings. The first-order valence-electron chi connectivity index (χ1n) is 4.68. The fourth-order valence-electron chi connectivity index (χ4n) is 1.25. The maximum Gasteiger partial charge on any atom is 0.265 e. The summed E-state index contributed by atoms with van der Waals surface area (Å²) < 4.78 is 40.4. The van der Waals surface area contributed by atoms with Gasteiger partial charge >= 0.3 is 0 Å². The Morgan fingerprint density at radius 1 is 1.37 bits per heavy atom. The molecule has 0 saturated carbocycles. The highest BCUT2D eigenvalue weighted by molar-refractivity contribution is 9.11. The van der Waals surface area contributed by atoms with Crippen molar-refractivity contribution in [1.82, 2.24) is 4.98 Å². The van der Waals surface area contributed by atoms with Gasteiger partial charge in [0.05, 0.1) is 20.1 Å². The smallest absolute Gasteiger partial charge is 0.265 e. The van der Waals surface area contributed by atoms with E-state index in [-0.39, 0.29) is 20.2 Å². The lowest BCUT2D eigenvalue weighted by molar-refractivity contribution is 0.599. The van der Waals surface area contributed by atoms with Gasteiger partial charge in [-0.2, -0.15) is 0 Å². The van der Waals surface area contributed by atoms with Crippen LogP contribution in [0.25, 0.3) is 0 Å². The number of nitrogens with two attached hydrogens (primary N) is 1. The van der Waals surface area contributed by atoms with E-state index in [9.17, 15) is 12.8 Å². The van der Waals surface area contributed by atoms with Gasteiger partial charge in [-0.05, 0) is 44.0 Å². The van der Waals surface area contributed by atoms with Crippen LogP contribution in [-0.4, -0.2) is 13.4 Å². The van der Waals surface area contributed by atoms with E-state index >= 15 is 0 Å². The quantitative estimate of drug-likeness (QED) is 0.732. The summed E-state index contributed by atoms with van der Waals surface area (Å²) in [6.07, 6.45) is 1.46. The molecule has 3 N–H and O–H groups in total. The molecule has 0 aliphatic heterocycles. The SMILES string of the molecule is Nc1cc(F)c(Br)cc1S(=O)(=O)Nc1ncc(Br)s1. The van der Waals surface area contributed by atoms with Gasteiger partial charge in [-0.25, -0.2) is 17.8 Å². The molecule has 1 aromatic carbocycles. The van der Waals surface area contributed by atoms with Gasteiger partial charge < -0.3 is 5.73 Å². The Hall–Kier alpha value is -0.710. The van der Waals surface area contributed by atoms with Crippen molar-refractivity contribution in [3.63, 3.8) is 0 Å². The predicted octanol–water partition coefficient (Wildman–Crippen LogP) is 3.19. The van der Waals surface area contributed by atoms with Crippen molar-refractivity contribution in [2.45, 2.75) is 4.90 Å². The number of nitrogens with zero attached hydrogens (tertiary/aromatic N) is 1. The number of sulfonamides is 1. The fraction of sp³-hybridized carbons (Fsp3) is 0. The molecule has 0 fully saturated rings. The van der Waals surface area contributed by atoms with E-state index in [1.807, 2.05) is 0 Å². The molecule has 0 aliphatic carbocycles. The Balaban J connectivity index is 2.42. The molecule has 0 spiro atoms. The summed E-state index contributed by atoms with van der Waals surface area (Å²) in [5.74, 6) is -0.631. The molecular formula is C9H6Br2FN3O2S2. The second-order valence-electron chi connectivity index (χ2n) is 3.38. The molecule has 10 heteroatoms. The summed E-state index contributed by atoms with van der Waals surface area (Å²) in [6, 6.07) is 2.05. The summed E-state index contributed by atoms with van der Waals surface area (Å²) in [5.41, 5.74) is 5.35. The number of nitrogen functional groups attached to an aromatic ring is 1. The van der Waals surface area contributed by atoms with Gasteiger partial charge in [0.2, 0.25) is 0 Å². The highest BCUT2D eigenvalue weighted by atomic mass is 79.9. The van der Waals surface area contributed by atoms with Crippen molar-refractivity contribution >= 4 is 64.0 Å². The molecule has 0 bridgehead atoms. The number of hydrogen-bond acceptors (Lipinski definition) is 5. The van der Waals surface area contributed by atoms with E-state index in [0.717, 1.165) is 23.5 Å². The van der Waals surface area contributed by atoms with E-state index in [4.69, 9.17) is 5.73 Å². The van der Waals surface area contributed by atoms with Crippen molar-refractivity contribution in [3.05, 3.63) is 32.4 Å². The van der Waals surface area contributed by atoms with E-state index in [1.165, 1.54) is 6.20 Å². The number of nitrogens with one attached hydrogen (secondary N) is 1. The Morgan fingerprint density at radius 2 is 2.05 bits per heavy atom. The van der Waals surface area contributed by atoms with E-state index < -0.39 is 15.8 Å². The van der Waals surface area contributed by atoms with Crippen LogP contribution in [0.3, 0.4) is 0 Å². The van der Waals surface area contributed by atoms with Gasteiger partial charge in [0.1, 0.15) is 10.7 Å². The fourth-order valence-corrected chi connectivity index (χ4v) is 4.23. The van der Waals surface area contributed by atoms with Crippen molar-refractivity contribution in [1.29, 1.82) is 0 Å². The summed E-state index contributed by atoms with van der Waals surface area (Å²) in [6.45, 7) is 0. The first-order chi connectivity index (χ1) is 8.79. The predicted molar refractivity (Wildman–Crippen MR) is 79.1 cm³/mol. The van der Waals surface area contributed by atoms with E-state index in [2.05, 4.69) is 41.6 Å². The third-order valence-corrected chi connectivity index (χ3v) is 5.56. The number of rotatable bonds is 3. The average Bonchev–Trinajstić information content (AvgIpc) is 2.68. The van der Waals surface area contributed by atoms with Crippen LogP contribution in [0, 0.1) is 5.82 Å². The zero-order valence-corrected chi connectivity index (χ0v) is 13.8. The highest BCUT2D eigenvalue weighted by Crippen LogP contribution is 2.29. The van der Waals surface area contributed by atoms with Gasteiger partial charge in [-0.15, -0.1) is 0 Å². The zero-order valence-electron chi connectivity index (χ0n) is 9.02. The molecule has 5 nitrogen and oxygen atoms in total. The zero-order chi connectivity index (χ0) is 14.2.